The summed E-state index contributed by atoms with van der Waals surface area (Å²) in [7, 11) is -3.52. The molecule has 4 nitrogen and oxygen atoms in total. The molecule has 7 heteroatoms. The van der Waals surface area contributed by atoms with Crippen LogP contribution in [0.4, 0.5) is 10.1 Å². The van der Waals surface area contributed by atoms with Gasteiger partial charge in [-0.1, -0.05) is 12.7 Å². The molecule has 0 saturated heterocycles. The summed E-state index contributed by atoms with van der Waals surface area (Å²) in [5, 5.41) is 0. The zero-order valence-electron chi connectivity index (χ0n) is 9.23. The van der Waals surface area contributed by atoms with Crippen LogP contribution in [0.3, 0.4) is 0 Å². The summed E-state index contributed by atoms with van der Waals surface area (Å²) in [6.45, 7) is 3.67. The van der Waals surface area contributed by atoms with Crippen molar-refractivity contribution in [1.82, 2.24) is 0 Å². The van der Waals surface area contributed by atoms with Crippen LogP contribution in [0.15, 0.2) is 18.7 Å². The number of nitrogens with one attached hydrogen (secondary N) is 1. The second-order valence-corrected chi connectivity index (χ2v) is 5.07. The Morgan fingerprint density at radius 3 is 2.53 bits per heavy atom. The van der Waals surface area contributed by atoms with Gasteiger partial charge in [-0.25, -0.2) is 12.8 Å². The molecular formula is C10H14ClFN2O2S. The predicted molar refractivity (Wildman–Crippen MR) is 70.1 cm³/mol. The number of hydrogen-bond acceptors (Lipinski definition) is 3. The number of hydrogen-bond donors (Lipinski definition) is 2. The van der Waals surface area contributed by atoms with E-state index in [9.17, 15) is 12.8 Å². The topological polar surface area (TPSA) is 72.2 Å². The fraction of sp³-hybridized carbons (Fsp3) is 0.200. The molecule has 0 saturated carbocycles. The molecule has 1 aromatic carbocycles. The highest BCUT2D eigenvalue weighted by Crippen LogP contribution is 2.24. The molecule has 0 spiro atoms. The molecule has 0 aliphatic rings. The molecule has 1 aromatic rings. The molecule has 0 amide bonds. The van der Waals surface area contributed by atoms with Crippen LogP contribution in [-0.4, -0.2) is 14.7 Å². The predicted octanol–water partition coefficient (Wildman–Crippen LogP) is 1.72. The average Bonchev–Trinajstić information content (AvgIpc) is 2.19. The molecule has 0 aromatic heterocycles. The third-order valence-corrected chi connectivity index (χ3v) is 2.50. The van der Waals surface area contributed by atoms with Crippen molar-refractivity contribution in [3.8, 4) is 0 Å². The van der Waals surface area contributed by atoms with Gasteiger partial charge < -0.3 is 5.73 Å². The van der Waals surface area contributed by atoms with E-state index in [1.165, 1.54) is 12.1 Å². The Morgan fingerprint density at radius 1 is 1.53 bits per heavy atom. The summed E-state index contributed by atoms with van der Waals surface area (Å²) < 4.78 is 37.8. The minimum absolute atomic E-state index is 0. The van der Waals surface area contributed by atoms with E-state index in [1.807, 2.05) is 0 Å². The lowest BCUT2D eigenvalue weighted by Gasteiger charge is -2.10. The Labute approximate surface area is 106 Å². The van der Waals surface area contributed by atoms with Crippen LogP contribution in [0.2, 0.25) is 0 Å². The van der Waals surface area contributed by atoms with Gasteiger partial charge in [0.05, 0.1) is 11.9 Å². The van der Waals surface area contributed by atoms with Gasteiger partial charge in [-0.2, -0.15) is 0 Å². The van der Waals surface area contributed by atoms with Crippen molar-refractivity contribution in [2.24, 2.45) is 5.73 Å². The van der Waals surface area contributed by atoms with Gasteiger partial charge in [-0.05, 0) is 17.7 Å². The van der Waals surface area contributed by atoms with E-state index < -0.39 is 15.8 Å². The first kappa shape index (κ1) is 15.9. The summed E-state index contributed by atoms with van der Waals surface area (Å²) in [6, 6.07) is 2.78. The van der Waals surface area contributed by atoms with E-state index in [4.69, 9.17) is 5.73 Å². The number of rotatable bonds is 4. The summed E-state index contributed by atoms with van der Waals surface area (Å²) in [5.74, 6) is -0.664. The lowest BCUT2D eigenvalue weighted by molar-refractivity contribution is 0.603. The summed E-state index contributed by atoms with van der Waals surface area (Å²) in [5.41, 5.74) is 6.22. The molecule has 0 unspecified atom stereocenters. The summed E-state index contributed by atoms with van der Waals surface area (Å²) in [4.78, 5) is 0. The van der Waals surface area contributed by atoms with E-state index in [0.717, 1.165) is 6.26 Å². The molecule has 0 atom stereocenters. The highest BCUT2D eigenvalue weighted by Gasteiger charge is 2.12. The number of nitrogens with two attached hydrogens (primary N) is 1. The van der Waals surface area contributed by atoms with Gasteiger partial charge in [0.1, 0.15) is 5.82 Å². The van der Waals surface area contributed by atoms with Crippen molar-refractivity contribution in [1.29, 1.82) is 0 Å². The monoisotopic (exact) mass is 280 g/mol. The second-order valence-electron chi connectivity index (χ2n) is 3.32. The third-order valence-electron chi connectivity index (χ3n) is 1.92. The molecular weight excluding hydrogens is 267 g/mol. The molecule has 1 rings (SSSR count). The normalized spacial score (nSPS) is 10.5. The Hall–Kier alpha value is -1.11. The van der Waals surface area contributed by atoms with E-state index in [1.54, 1.807) is 6.07 Å². The number of sulfonamides is 1. The van der Waals surface area contributed by atoms with Crippen molar-refractivity contribution in [3.63, 3.8) is 0 Å². The van der Waals surface area contributed by atoms with Crippen molar-refractivity contribution in [2.75, 3.05) is 11.0 Å². The molecule has 0 bridgehead atoms. The van der Waals surface area contributed by atoms with E-state index in [-0.39, 0.29) is 24.6 Å². The van der Waals surface area contributed by atoms with E-state index >= 15 is 0 Å². The zero-order valence-corrected chi connectivity index (χ0v) is 10.9. The van der Waals surface area contributed by atoms with Gasteiger partial charge in [0.25, 0.3) is 0 Å². The first-order chi connectivity index (χ1) is 7.37. The SMILES string of the molecule is C=Cc1cc(CN)cc(F)c1NS(C)(=O)=O.Cl. The van der Waals surface area contributed by atoms with Crippen LogP contribution in [-0.2, 0) is 16.6 Å². The molecule has 96 valence electrons. The molecule has 0 heterocycles. The Bertz CT molecular complexity index is 517. The first-order valence-corrected chi connectivity index (χ1v) is 6.39. The molecule has 0 radical (unpaired) electrons. The molecule has 17 heavy (non-hydrogen) atoms. The van der Waals surface area contributed by atoms with E-state index in [2.05, 4.69) is 11.3 Å². The van der Waals surface area contributed by atoms with Crippen LogP contribution in [0.1, 0.15) is 11.1 Å². The zero-order chi connectivity index (χ0) is 12.3. The quantitative estimate of drug-likeness (QED) is 0.882. The Morgan fingerprint density at radius 2 is 2.12 bits per heavy atom. The van der Waals surface area contributed by atoms with E-state index in [0.29, 0.717) is 11.1 Å². The standard InChI is InChI=1S/C10H13FN2O2S.ClH/c1-3-8-4-7(6-12)5-9(11)10(8)13-16(2,14)15;/h3-5,13H,1,6,12H2,2H3;1H. The lowest BCUT2D eigenvalue weighted by Crippen LogP contribution is -2.12. The summed E-state index contributed by atoms with van der Waals surface area (Å²) >= 11 is 0. The lowest BCUT2D eigenvalue weighted by atomic mass is 10.1. The number of halogens is 2. The third kappa shape index (κ3) is 4.33. The molecule has 3 N–H and O–H groups in total. The summed E-state index contributed by atoms with van der Waals surface area (Å²) in [6.07, 6.45) is 2.33. The van der Waals surface area contributed by atoms with Crippen molar-refractivity contribution in [3.05, 3.63) is 35.7 Å². The fourth-order valence-corrected chi connectivity index (χ4v) is 1.84. The van der Waals surface area contributed by atoms with Crippen LogP contribution in [0, 0.1) is 5.82 Å². The minimum atomic E-state index is -3.52. The van der Waals surface area contributed by atoms with Gasteiger partial charge in [0.15, 0.2) is 0 Å². The smallest absolute Gasteiger partial charge is 0.229 e. The number of anilines is 1. The van der Waals surface area contributed by atoms with Crippen molar-refractivity contribution >= 4 is 34.2 Å². The van der Waals surface area contributed by atoms with Gasteiger partial charge in [0, 0.05) is 12.1 Å². The second kappa shape index (κ2) is 6.00. The van der Waals surface area contributed by atoms with Crippen LogP contribution >= 0.6 is 12.4 Å². The Kier molecular flexibility index (Phi) is 5.60. The Balaban J connectivity index is 0.00000256. The van der Waals surface area contributed by atoms with Gasteiger partial charge in [0.2, 0.25) is 10.0 Å². The van der Waals surface area contributed by atoms with Gasteiger partial charge in [-0.3, -0.25) is 4.72 Å². The van der Waals surface area contributed by atoms with Crippen LogP contribution < -0.4 is 10.5 Å². The maximum Gasteiger partial charge on any atom is 0.229 e. The van der Waals surface area contributed by atoms with Crippen molar-refractivity contribution < 1.29 is 12.8 Å². The largest absolute Gasteiger partial charge is 0.326 e. The minimum Gasteiger partial charge on any atom is -0.326 e. The maximum absolute atomic E-state index is 13.6. The molecule has 0 aliphatic carbocycles. The number of benzene rings is 1. The van der Waals surface area contributed by atoms with Crippen molar-refractivity contribution in [2.45, 2.75) is 6.54 Å². The first-order valence-electron chi connectivity index (χ1n) is 4.50. The highest BCUT2D eigenvalue weighted by molar-refractivity contribution is 7.92. The average molecular weight is 281 g/mol. The maximum atomic E-state index is 13.6. The molecule has 0 fully saturated rings. The molecule has 0 aliphatic heterocycles. The van der Waals surface area contributed by atoms with Crippen LogP contribution in [0.5, 0.6) is 0 Å². The van der Waals surface area contributed by atoms with Gasteiger partial charge >= 0.3 is 0 Å². The highest BCUT2D eigenvalue weighted by atomic mass is 35.5. The fourth-order valence-electron chi connectivity index (χ4n) is 1.26. The van der Waals surface area contributed by atoms with Crippen LogP contribution in [0.25, 0.3) is 6.08 Å². The van der Waals surface area contributed by atoms with Gasteiger partial charge in [-0.15, -0.1) is 12.4 Å².